The van der Waals surface area contributed by atoms with Crippen molar-refractivity contribution in [3.05, 3.63) is 24.5 Å². The van der Waals surface area contributed by atoms with Gasteiger partial charge >= 0.3 is 5.97 Å². The topological polar surface area (TPSA) is 42.2 Å². The number of rotatable bonds is 3. The molecule has 1 aromatic heterocycles. The zero-order valence-electron chi connectivity index (χ0n) is 8.10. The second-order valence-electron chi connectivity index (χ2n) is 4.06. The first-order chi connectivity index (χ1) is 6.75. The lowest BCUT2D eigenvalue weighted by Crippen LogP contribution is -2.06. The summed E-state index contributed by atoms with van der Waals surface area (Å²) >= 11 is 0. The van der Waals surface area contributed by atoms with Crippen LogP contribution in [0.5, 0.6) is 0 Å². The SMILES string of the molecule is O=C(O)CC1CCC(n2cccc2)C1. The molecule has 1 aromatic rings. The van der Waals surface area contributed by atoms with Crippen LogP contribution in [0.2, 0.25) is 0 Å². The molecule has 0 aliphatic heterocycles. The van der Waals surface area contributed by atoms with Crippen LogP contribution in [-0.2, 0) is 4.79 Å². The largest absolute Gasteiger partial charge is 0.481 e. The van der Waals surface area contributed by atoms with Gasteiger partial charge in [-0.25, -0.2) is 0 Å². The Balaban J connectivity index is 1.92. The second-order valence-corrected chi connectivity index (χ2v) is 4.06. The summed E-state index contributed by atoms with van der Waals surface area (Å²) in [5.41, 5.74) is 0. The van der Waals surface area contributed by atoms with Gasteiger partial charge in [-0.15, -0.1) is 0 Å². The summed E-state index contributed by atoms with van der Waals surface area (Å²) < 4.78 is 2.20. The normalized spacial score (nSPS) is 26.6. The van der Waals surface area contributed by atoms with Crippen molar-refractivity contribution < 1.29 is 9.90 Å². The van der Waals surface area contributed by atoms with E-state index in [-0.39, 0.29) is 0 Å². The Morgan fingerprint density at radius 2 is 2.07 bits per heavy atom. The van der Waals surface area contributed by atoms with Gasteiger partial charge in [0.05, 0.1) is 0 Å². The molecule has 0 radical (unpaired) electrons. The van der Waals surface area contributed by atoms with E-state index in [0.717, 1.165) is 19.3 Å². The highest BCUT2D eigenvalue weighted by Gasteiger charge is 2.26. The monoisotopic (exact) mass is 193 g/mol. The summed E-state index contributed by atoms with van der Waals surface area (Å²) in [6.07, 6.45) is 7.64. The number of hydrogen-bond donors (Lipinski definition) is 1. The fourth-order valence-electron chi connectivity index (χ4n) is 2.34. The maximum absolute atomic E-state index is 10.5. The lowest BCUT2D eigenvalue weighted by atomic mass is 10.0. The zero-order chi connectivity index (χ0) is 9.97. The summed E-state index contributed by atoms with van der Waals surface area (Å²) in [6.45, 7) is 0. The summed E-state index contributed by atoms with van der Waals surface area (Å²) in [5, 5.41) is 8.68. The van der Waals surface area contributed by atoms with E-state index < -0.39 is 5.97 Å². The molecule has 1 N–H and O–H groups in total. The van der Waals surface area contributed by atoms with Crippen molar-refractivity contribution in [2.24, 2.45) is 5.92 Å². The Kier molecular flexibility index (Phi) is 2.57. The highest BCUT2D eigenvalue weighted by molar-refractivity contribution is 5.67. The van der Waals surface area contributed by atoms with E-state index in [4.69, 9.17) is 5.11 Å². The van der Waals surface area contributed by atoms with Crippen LogP contribution >= 0.6 is 0 Å². The number of aromatic nitrogens is 1. The van der Waals surface area contributed by atoms with Crippen molar-refractivity contribution in [3.8, 4) is 0 Å². The number of aliphatic carboxylic acids is 1. The molecule has 0 bridgehead atoms. The number of carboxylic acid groups (broad SMARTS) is 1. The highest BCUT2D eigenvalue weighted by atomic mass is 16.4. The summed E-state index contributed by atoms with van der Waals surface area (Å²) in [5.74, 6) is -0.289. The lowest BCUT2D eigenvalue weighted by Gasteiger charge is -2.11. The van der Waals surface area contributed by atoms with E-state index in [2.05, 4.69) is 17.0 Å². The average Bonchev–Trinajstić information content (AvgIpc) is 2.69. The quantitative estimate of drug-likeness (QED) is 0.800. The molecule has 1 aliphatic rings. The first-order valence-electron chi connectivity index (χ1n) is 5.10. The predicted octanol–water partition coefficient (Wildman–Crippen LogP) is 2.30. The van der Waals surface area contributed by atoms with Crippen molar-refractivity contribution in [2.75, 3.05) is 0 Å². The zero-order valence-corrected chi connectivity index (χ0v) is 8.10. The molecule has 0 amide bonds. The number of carboxylic acids is 1. The average molecular weight is 193 g/mol. The van der Waals surface area contributed by atoms with Gasteiger partial charge in [-0.3, -0.25) is 4.79 Å². The Hall–Kier alpha value is -1.25. The van der Waals surface area contributed by atoms with Crippen LogP contribution in [0.25, 0.3) is 0 Å². The fraction of sp³-hybridized carbons (Fsp3) is 0.545. The van der Waals surface area contributed by atoms with E-state index in [1.54, 1.807) is 0 Å². The molecule has 3 nitrogen and oxygen atoms in total. The number of hydrogen-bond acceptors (Lipinski definition) is 1. The van der Waals surface area contributed by atoms with Crippen LogP contribution in [0.15, 0.2) is 24.5 Å². The molecular formula is C11H15NO2. The summed E-state index contributed by atoms with van der Waals surface area (Å²) in [6, 6.07) is 4.56. The first kappa shape index (κ1) is 9.31. The molecule has 2 rings (SSSR count). The third-order valence-electron chi connectivity index (χ3n) is 3.03. The molecule has 1 saturated carbocycles. The van der Waals surface area contributed by atoms with Crippen LogP contribution in [0.3, 0.4) is 0 Å². The fourth-order valence-corrected chi connectivity index (χ4v) is 2.34. The van der Waals surface area contributed by atoms with Crippen molar-refractivity contribution >= 4 is 5.97 Å². The maximum atomic E-state index is 10.5. The third kappa shape index (κ3) is 1.97. The number of nitrogens with zero attached hydrogens (tertiary/aromatic N) is 1. The van der Waals surface area contributed by atoms with Gasteiger partial charge < -0.3 is 9.67 Å². The van der Waals surface area contributed by atoms with Gasteiger partial charge in [-0.2, -0.15) is 0 Å². The molecule has 14 heavy (non-hydrogen) atoms. The maximum Gasteiger partial charge on any atom is 0.303 e. The molecule has 76 valence electrons. The van der Waals surface area contributed by atoms with Crippen molar-refractivity contribution in [3.63, 3.8) is 0 Å². The summed E-state index contributed by atoms with van der Waals surface area (Å²) in [7, 11) is 0. The highest BCUT2D eigenvalue weighted by Crippen LogP contribution is 2.36. The minimum absolute atomic E-state index is 0.331. The molecule has 0 aromatic carbocycles. The minimum Gasteiger partial charge on any atom is -0.481 e. The van der Waals surface area contributed by atoms with Crippen LogP contribution in [0.4, 0.5) is 0 Å². The molecule has 0 saturated heterocycles. The van der Waals surface area contributed by atoms with Crippen molar-refractivity contribution in [1.82, 2.24) is 4.57 Å². The molecule has 1 aliphatic carbocycles. The van der Waals surface area contributed by atoms with Gasteiger partial charge in [0.15, 0.2) is 0 Å². The van der Waals surface area contributed by atoms with Crippen molar-refractivity contribution in [2.45, 2.75) is 31.7 Å². The minimum atomic E-state index is -0.664. The van der Waals surface area contributed by atoms with Gasteiger partial charge in [0.25, 0.3) is 0 Å². The lowest BCUT2D eigenvalue weighted by molar-refractivity contribution is -0.138. The Morgan fingerprint density at radius 1 is 1.36 bits per heavy atom. The standard InChI is InChI=1S/C11H15NO2/c13-11(14)8-9-3-4-10(7-9)12-5-1-2-6-12/h1-2,5-6,9-10H,3-4,7-8H2,(H,13,14). The molecule has 3 heteroatoms. The molecule has 1 heterocycles. The van der Waals surface area contributed by atoms with E-state index in [1.807, 2.05) is 12.1 Å². The second kappa shape index (κ2) is 3.86. The molecule has 2 atom stereocenters. The Bertz CT molecular complexity index is 305. The van der Waals surface area contributed by atoms with Gasteiger partial charge in [-0.05, 0) is 37.3 Å². The summed E-state index contributed by atoms with van der Waals surface area (Å²) in [4.78, 5) is 10.5. The van der Waals surface area contributed by atoms with E-state index >= 15 is 0 Å². The van der Waals surface area contributed by atoms with Crippen LogP contribution in [0, 0.1) is 5.92 Å². The molecular weight excluding hydrogens is 178 g/mol. The van der Waals surface area contributed by atoms with E-state index in [9.17, 15) is 4.79 Å². The van der Waals surface area contributed by atoms with E-state index in [0.29, 0.717) is 18.4 Å². The van der Waals surface area contributed by atoms with Gasteiger partial charge in [0, 0.05) is 24.9 Å². The smallest absolute Gasteiger partial charge is 0.303 e. The van der Waals surface area contributed by atoms with E-state index in [1.165, 1.54) is 0 Å². The van der Waals surface area contributed by atoms with Gasteiger partial charge in [-0.1, -0.05) is 0 Å². The van der Waals surface area contributed by atoms with Crippen LogP contribution in [0.1, 0.15) is 31.7 Å². The predicted molar refractivity (Wildman–Crippen MR) is 53.1 cm³/mol. The molecule has 1 fully saturated rings. The Labute approximate surface area is 83.4 Å². The first-order valence-corrected chi connectivity index (χ1v) is 5.10. The van der Waals surface area contributed by atoms with Crippen molar-refractivity contribution in [1.29, 1.82) is 0 Å². The Morgan fingerprint density at radius 3 is 2.71 bits per heavy atom. The van der Waals surface area contributed by atoms with Gasteiger partial charge in [0.1, 0.15) is 0 Å². The molecule has 2 unspecified atom stereocenters. The molecule has 0 spiro atoms. The van der Waals surface area contributed by atoms with Crippen LogP contribution < -0.4 is 0 Å². The van der Waals surface area contributed by atoms with Gasteiger partial charge in [0.2, 0.25) is 0 Å². The van der Waals surface area contributed by atoms with Crippen LogP contribution in [-0.4, -0.2) is 15.6 Å². The number of carbonyl (C=O) groups is 1. The third-order valence-corrected chi connectivity index (χ3v) is 3.03.